The van der Waals surface area contributed by atoms with Gasteiger partial charge in [0.05, 0.1) is 0 Å². The van der Waals surface area contributed by atoms with Crippen LogP contribution in [0.5, 0.6) is 5.75 Å². The first-order valence-corrected chi connectivity index (χ1v) is 9.77. The Balaban J connectivity index is 2.33. The number of rotatable bonds is 7. The van der Waals surface area contributed by atoms with Crippen molar-refractivity contribution in [1.29, 1.82) is 0 Å². The summed E-state index contributed by atoms with van der Waals surface area (Å²) in [7, 11) is 5.88. The molecule has 0 N–H and O–H groups in total. The summed E-state index contributed by atoms with van der Waals surface area (Å²) in [6.07, 6.45) is 1.99. The number of Topliss-reactive ketones (excluding diaryl/α,β-unsaturated/α-hetero) is 1. The number of aryl methyl sites for hydroxylation is 1. The van der Waals surface area contributed by atoms with Crippen LogP contribution in [0.4, 0.5) is 0 Å². The van der Waals surface area contributed by atoms with Crippen molar-refractivity contribution in [3.8, 4) is 5.75 Å². The molecular formula is C24H31BO2. The molecule has 0 heterocycles. The van der Waals surface area contributed by atoms with Crippen molar-refractivity contribution in [2.24, 2.45) is 5.41 Å². The van der Waals surface area contributed by atoms with Gasteiger partial charge >= 0.3 is 0 Å². The summed E-state index contributed by atoms with van der Waals surface area (Å²) in [6.45, 7) is 12.3. The molecule has 0 spiro atoms. The molecule has 27 heavy (non-hydrogen) atoms. The van der Waals surface area contributed by atoms with E-state index in [0.29, 0.717) is 0 Å². The molecule has 0 fully saturated rings. The topological polar surface area (TPSA) is 26.3 Å². The van der Waals surface area contributed by atoms with E-state index in [1.165, 1.54) is 11.1 Å². The second-order valence-corrected chi connectivity index (χ2v) is 8.35. The molecule has 0 bridgehead atoms. The number of benzene rings is 2. The van der Waals surface area contributed by atoms with Crippen molar-refractivity contribution in [1.82, 2.24) is 0 Å². The average molecular weight is 362 g/mol. The van der Waals surface area contributed by atoms with Gasteiger partial charge in [-0.25, -0.2) is 0 Å². The van der Waals surface area contributed by atoms with Gasteiger partial charge in [0.1, 0.15) is 20.2 Å². The Hall–Kier alpha value is -2.03. The second-order valence-electron chi connectivity index (χ2n) is 8.35. The lowest BCUT2D eigenvalue weighted by molar-refractivity contribution is -0.128. The maximum atomic E-state index is 12.1. The normalized spacial score (nSPS) is 12.1. The Kier molecular flexibility index (Phi) is 6.57. The van der Waals surface area contributed by atoms with Crippen LogP contribution in [0.15, 0.2) is 42.5 Å². The third kappa shape index (κ3) is 4.64. The summed E-state index contributed by atoms with van der Waals surface area (Å²) >= 11 is 0. The molecule has 2 radical (unpaired) electrons. The van der Waals surface area contributed by atoms with E-state index in [4.69, 9.17) is 12.6 Å². The molecule has 3 heteroatoms. The van der Waals surface area contributed by atoms with Gasteiger partial charge in [0.2, 0.25) is 0 Å². The predicted octanol–water partition coefficient (Wildman–Crippen LogP) is 4.89. The van der Waals surface area contributed by atoms with Crippen LogP contribution in [-0.4, -0.2) is 20.2 Å². The largest absolute Gasteiger partial charge is 0.486 e. The first-order valence-electron chi connectivity index (χ1n) is 9.77. The van der Waals surface area contributed by atoms with Crippen molar-refractivity contribution in [3.05, 3.63) is 59.2 Å². The molecule has 0 aromatic heterocycles. The van der Waals surface area contributed by atoms with Gasteiger partial charge in [-0.2, -0.15) is 0 Å². The lowest BCUT2D eigenvalue weighted by atomic mass is 9.70. The van der Waals surface area contributed by atoms with Crippen molar-refractivity contribution >= 4 is 19.1 Å². The van der Waals surface area contributed by atoms with Gasteiger partial charge < -0.3 is 4.74 Å². The maximum Gasteiger partial charge on any atom is 0.175 e. The lowest BCUT2D eigenvalue weighted by Crippen LogP contribution is -2.27. The van der Waals surface area contributed by atoms with E-state index in [2.05, 4.69) is 38.1 Å². The van der Waals surface area contributed by atoms with Gasteiger partial charge in [0, 0.05) is 10.8 Å². The molecular weight excluding hydrogens is 331 g/mol. The zero-order chi connectivity index (χ0) is 20.2. The van der Waals surface area contributed by atoms with Gasteiger partial charge in [-0.1, -0.05) is 76.5 Å². The molecule has 0 aliphatic heterocycles. The average Bonchev–Trinajstić information content (AvgIpc) is 2.62. The highest BCUT2D eigenvalue weighted by atomic mass is 16.5. The third-order valence-electron chi connectivity index (χ3n) is 5.59. The fraction of sp³-hybridized carbons (Fsp3) is 0.458. The lowest BCUT2D eigenvalue weighted by Gasteiger charge is -2.34. The van der Waals surface area contributed by atoms with Gasteiger partial charge in [-0.15, -0.1) is 0 Å². The standard InChI is InChI=1S/C24H31BO2/c1-7-24(8-2,18-9-12-20(25)13-10-18)19-11-14-21(17(3)15-19)27-16-22(26)23(4,5)6/h9-15H,7-8,16H2,1-6H3. The van der Waals surface area contributed by atoms with Gasteiger partial charge in [-0.05, 0) is 42.5 Å². The monoisotopic (exact) mass is 362 g/mol. The Morgan fingerprint density at radius 2 is 1.52 bits per heavy atom. The van der Waals surface area contributed by atoms with E-state index in [0.717, 1.165) is 29.6 Å². The highest BCUT2D eigenvalue weighted by molar-refractivity contribution is 6.32. The smallest absolute Gasteiger partial charge is 0.175 e. The van der Waals surface area contributed by atoms with Crippen LogP contribution in [-0.2, 0) is 10.2 Å². The molecule has 0 atom stereocenters. The molecule has 2 rings (SSSR count). The molecule has 0 saturated heterocycles. The fourth-order valence-corrected chi connectivity index (χ4v) is 3.50. The number of ketones is 1. The van der Waals surface area contributed by atoms with Crippen molar-refractivity contribution in [2.75, 3.05) is 6.61 Å². The number of hydrogen-bond donors (Lipinski definition) is 0. The minimum Gasteiger partial charge on any atom is -0.486 e. The first kappa shape index (κ1) is 21.3. The molecule has 2 nitrogen and oxygen atoms in total. The van der Waals surface area contributed by atoms with Gasteiger partial charge in [0.15, 0.2) is 5.78 Å². The quantitative estimate of drug-likeness (QED) is 0.656. The molecule has 142 valence electrons. The summed E-state index contributed by atoms with van der Waals surface area (Å²) in [5.74, 6) is 0.874. The van der Waals surface area contributed by atoms with Crippen LogP contribution in [0.25, 0.3) is 0 Å². The van der Waals surface area contributed by atoms with E-state index < -0.39 is 0 Å². The van der Waals surface area contributed by atoms with Crippen LogP contribution in [0, 0.1) is 12.3 Å². The van der Waals surface area contributed by atoms with Crippen LogP contribution in [0.3, 0.4) is 0 Å². The highest BCUT2D eigenvalue weighted by Gasteiger charge is 2.31. The molecule has 2 aromatic carbocycles. The number of carbonyl (C=O) groups excluding carboxylic acids is 1. The zero-order valence-corrected chi connectivity index (χ0v) is 17.6. The van der Waals surface area contributed by atoms with Crippen molar-refractivity contribution < 1.29 is 9.53 Å². The summed E-state index contributed by atoms with van der Waals surface area (Å²) < 4.78 is 5.82. The van der Waals surface area contributed by atoms with E-state index in [-0.39, 0.29) is 23.2 Å². The SMILES string of the molecule is [B]c1ccc(C(CC)(CC)c2ccc(OCC(=O)C(C)(C)C)c(C)c2)cc1. The Labute approximate surface area is 165 Å². The minimum absolute atomic E-state index is 0.0573. The maximum absolute atomic E-state index is 12.1. The van der Waals surface area contributed by atoms with Crippen LogP contribution < -0.4 is 10.2 Å². The first-order chi connectivity index (χ1) is 12.6. The van der Waals surface area contributed by atoms with Crippen molar-refractivity contribution in [2.45, 2.75) is 59.8 Å². The fourth-order valence-electron chi connectivity index (χ4n) is 3.50. The molecule has 0 amide bonds. The van der Waals surface area contributed by atoms with Crippen LogP contribution >= 0.6 is 0 Å². The molecule has 0 aliphatic carbocycles. The van der Waals surface area contributed by atoms with Gasteiger partial charge in [0.25, 0.3) is 0 Å². The Bertz CT molecular complexity index is 781. The molecule has 0 aliphatic rings. The van der Waals surface area contributed by atoms with E-state index in [1.54, 1.807) is 0 Å². The highest BCUT2D eigenvalue weighted by Crippen LogP contribution is 2.40. The molecule has 0 unspecified atom stereocenters. The predicted molar refractivity (Wildman–Crippen MR) is 114 cm³/mol. The number of carbonyl (C=O) groups is 1. The Morgan fingerprint density at radius 1 is 0.963 bits per heavy atom. The van der Waals surface area contributed by atoms with Crippen LogP contribution in [0.2, 0.25) is 0 Å². The van der Waals surface area contributed by atoms with Gasteiger partial charge in [-0.3, -0.25) is 4.79 Å². The number of hydrogen-bond acceptors (Lipinski definition) is 2. The molecule has 0 saturated carbocycles. The summed E-state index contributed by atoms with van der Waals surface area (Å²) in [4.78, 5) is 12.1. The summed E-state index contributed by atoms with van der Waals surface area (Å²) in [5.41, 5.74) is 3.93. The van der Waals surface area contributed by atoms with Crippen LogP contribution in [0.1, 0.15) is 64.2 Å². The summed E-state index contributed by atoms with van der Waals surface area (Å²) in [6, 6.07) is 14.5. The molecule has 2 aromatic rings. The summed E-state index contributed by atoms with van der Waals surface area (Å²) in [5, 5.41) is 0. The zero-order valence-electron chi connectivity index (χ0n) is 17.6. The number of ether oxygens (including phenoxy) is 1. The third-order valence-corrected chi connectivity index (χ3v) is 5.59. The van der Waals surface area contributed by atoms with Crippen molar-refractivity contribution in [3.63, 3.8) is 0 Å². The Morgan fingerprint density at radius 3 is 2.00 bits per heavy atom. The van der Waals surface area contributed by atoms with E-state index in [9.17, 15) is 4.79 Å². The van der Waals surface area contributed by atoms with E-state index in [1.807, 2.05) is 45.9 Å². The second kappa shape index (κ2) is 8.33. The van der Waals surface area contributed by atoms with E-state index >= 15 is 0 Å². The minimum atomic E-state index is -0.386.